The van der Waals surface area contributed by atoms with E-state index in [9.17, 15) is 19.7 Å². The van der Waals surface area contributed by atoms with Crippen molar-refractivity contribution < 1.29 is 19.2 Å². The molecule has 0 saturated heterocycles. The fourth-order valence-corrected chi connectivity index (χ4v) is 4.98. The molecule has 2 aromatic heterocycles. The zero-order valence-corrected chi connectivity index (χ0v) is 17.0. The molecule has 2 heterocycles. The number of nitro groups is 1. The maximum atomic E-state index is 12.6. The minimum Gasteiger partial charge on any atom is -0.465 e. The van der Waals surface area contributed by atoms with E-state index in [4.69, 9.17) is 4.74 Å². The number of nitrogens with one attached hydrogen (secondary N) is 1. The number of fused-ring (bicyclic) bond motifs is 1. The third-order valence-electron chi connectivity index (χ3n) is 4.97. The summed E-state index contributed by atoms with van der Waals surface area (Å²) in [7, 11) is 1.32. The van der Waals surface area contributed by atoms with E-state index in [1.165, 1.54) is 30.1 Å². The number of ether oxygens (including phenoxy) is 1. The zero-order valence-electron chi connectivity index (χ0n) is 16.2. The standard InChI is InChI=1S/C18H22N4O5S/c1-9-5-6-12-13(7-9)28-17(15(12)18(24)27-4)19-14(23)8-21-11(3)16(22(25)26)10(2)20-21/h9H,5-8H2,1-4H3,(H,19,23)/t9-/m1/s1. The lowest BCUT2D eigenvalue weighted by Gasteiger charge is -2.18. The van der Waals surface area contributed by atoms with Crippen molar-refractivity contribution in [2.75, 3.05) is 12.4 Å². The molecule has 0 fully saturated rings. The number of anilines is 1. The molecule has 0 radical (unpaired) electrons. The van der Waals surface area contributed by atoms with Crippen molar-refractivity contribution in [2.45, 2.75) is 46.6 Å². The fourth-order valence-electron chi connectivity index (χ4n) is 3.56. The summed E-state index contributed by atoms with van der Waals surface area (Å²) in [5.74, 6) is -0.350. The molecule has 150 valence electrons. The van der Waals surface area contributed by atoms with Crippen LogP contribution in [0.25, 0.3) is 0 Å². The van der Waals surface area contributed by atoms with Gasteiger partial charge < -0.3 is 10.1 Å². The van der Waals surface area contributed by atoms with Crippen molar-refractivity contribution in [1.29, 1.82) is 0 Å². The second kappa shape index (κ2) is 7.70. The highest BCUT2D eigenvalue weighted by Gasteiger charge is 2.29. The molecular weight excluding hydrogens is 384 g/mol. The minimum absolute atomic E-state index is 0.0939. The number of hydrogen-bond acceptors (Lipinski definition) is 7. The maximum Gasteiger partial charge on any atom is 0.341 e. The van der Waals surface area contributed by atoms with E-state index in [0.717, 1.165) is 29.7 Å². The Morgan fingerprint density at radius 2 is 2.14 bits per heavy atom. The Hall–Kier alpha value is -2.75. The van der Waals surface area contributed by atoms with Crippen molar-refractivity contribution >= 4 is 33.9 Å². The number of amides is 1. The lowest BCUT2D eigenvalue weighted by Crippen LogP contribution is -2.21. The van der Waals surface area contributed by atoms with Crippen LogP contribution in [0.2, 0.25) is 0 Å². The highest BCUT2D eigenvalue weighted by Crippen LogP contribution is 2.40. The molecule has 1 amide bonds. The number of aryl methyl sites for hydroxylation is 1. The topological polar surface area (TPSA) is 116 Å². The van der Waals surface area contributed by atoms with Gasteiger partial charge >= 0.3 is 11.7 Å². The Labute approximate surface area is 165 Å². The average molecular weight is 406 g/mol. The summed E-state index contributed by atoms with van der Waals surface area (Å²) < 4.78 is 6.22. The molecule has 0 aliphatic heterocycles. The largest absolute Gasteiger partial charge is 0.465 e. The number of thiophene rings is 1. The first-order chi connectivity index (χ1) is 13.2. The van der Waals surface area contributed by atoms with Crippen LogP contribution in [-0.2, 0) is 28.9 Å². The summed E-state index contributed by atoms with van der Waals surface area (Å²) >= 11 is 1.40. The molecule has 0 unspecified atom stereocenters. The Morgan fingerprint density at radius 1 is 1.43 bits per heavy atom. The number of esters is 1. The summed E-state index contributed by atoms with van der Waals surface area (Å²) in [6.45, 7) is 5.06. The highest BCUT2D eigenvalue weighted by molar-refractivity contribution is 7.17. The third-order valence-corrected chi connectivity index (χ3v) is 6.14. The Kier molecular flexibility index (Phi) is 5.50. The monoisotopic (exact) mass is 406 g/mol. The third kappa shape index (κ3) is 3.64. The SMILES string of the molecule is COC(=O)c1c(NC(=O)Cn2nc(C)c([N+](=O)[O-])c2C)sc2c1CC[C@@H](C)C2. The second-order valence-corrected chi connectivity index (χ2v) is 8.14. The van der Waals surface area contributed by atoms with E-state index in [1.54, 1.807) is 6.92 Å². The van der Waals surface area contributed by atoms with Gasteiger partial charge in [-0.15, -0.1) is 11.3 Å². The van der Waals surface area contributed by atoms with Crippen LogP contribution >= 0.6 is 11.3 Å². The van der Waals surface area contributed by atoms with E-state index >= 15 is 0 Å². The molecule has 1 aliphatic rings. The van der Waals surface area contributed by atoms with E-state index in [-0.39, 0.29) is 17.9 Å². The summed E-state index contributed by atoms with van der Waals surface area (Å²) in [4.78, 5) is 36.6. The van der Waals surface area contributed by atoms with Crippen molar-refractivity contribution in [3.8, 4) is 0 Å². The number of hydrogen-bond donors (Lipinski definition) is 1. The molecule has 3 rings (SSSR count). The molecule has 0 aromatic carbocycles. The predicted molar refractivity (Wildman–Crippen MR) is 104 cm³/mol. The normalized spacial score (nSPS) is 15.8. The zero-order chi connectivity index (χ0) is 20.6. The maximum absolute atomic E-state index is 12.6. The van der Waals surface area contributed by atoms with Crippen molar-refractivity contribution in [1.82, 2.24) is 9.78 Å². The number of aromatic nitrogens is 2. The van der Waals surface area contributed by atoms with Gasteiger partial charge in [0.1, 0.15) is 22.9 Å². The van der Waals surface area contributed by atoms with E-state index in [2.05, 4.69) is 17.3 Å². The van der Waals surface area contributed by atoms with Gasteiger partial charge in [-0.25, -0.2) is 4.79 Å². The minimum atomic E-state index is -0.504. The van der Waals surface area contributed by atoms with Gasteiger partial charge in [-0.1, -0.05) is 6.92 Å². The van der Waals surface area contributed by atoms with Crippen LogP contribution in [0, 0.1) is 29.9 Å². The van der Waals surface area contributed by atoms with Crippen molar-refractivity contribution in [3.05, 3.63) is 37.5 Å². The fraction of sp³-hybridized carbons (Fsp3) is 0.500. The Bertz CT molecular complexity index is 962. The van der Waals surface area contributed by atoms with Gasteiger partial charge in [-0.05, 0) is 44.6 Å². The molecule has 28 heavy (non-hydrogen) atoms. The molecule has 0 spiro atoms. The molecule has 1 N–H and O–H groups in total. The molecule has 1 aliphatic carbocycles. The summed E-state index contributed by atoms with van der Waals surface area (Å²) in [6.07, 6.45) is 2.62. The van der Waals surface area contributed by atoms with E-state index < -0.39 is 16.8 Å². The average Bonchev–Trinajstić information content (AvgIpc) is 3.10. The van der Waals surface area contributed by atoms with Crippen LogP contribution < -0.4 is 5.32 Å². The van der Waals surface area contributed by atoms with Crippen LogP contribution in [0.1, 0.15) is 45.5 Å². The van der Waals surface area contributed by atoms with Crippen molar-refractivity contribution in [3.63, 3.8) is 0 Å². The van der Waals surface area contributed by atoms with E-state index in [1.807, 2.05) is 0 Å². The number of methoxy groups -OCH3 is 1. The van der Waals surface area contributed by atoms with Gasteiger partial charge in [0.2, 0.25) is 5.91 Å². The van der Waals surface area contributed by atoms with Gasteiger partial charge in [0.05, 0.1) is 17.6 Å². The summed E-state index contributed by atoms with van der Waals surface area (Å²) in [6, 6.07) is 0. The number of carbonyl (C=O) groups is 2. The first-order valence-electron chi connectivity index (χ1n) is 8.94. The molecular formula is C18H22N4O5S. The first kappa shape index (κ1) is 20.0. The van der Waals surface area contributed by atoms with Gasteiger partial charge in [-0.3, -0.25) is 19.6 Å². The number of rotatable bonds is 5. The number of carbonyl (C=O) groups excluding carboxylic acids is 2. The van der Waals surface area contributed by atoms with Gasteiger partial charge in [0.15, 0.2) is 0 Å². The lowest BCUT2D eigenvalue weighted by molar-refractivity contribution is -0.386. The molecule has 9 nitrogen and oxygen atoms in total. The van der Waals surface area contributed by atoms with Gasteiger partial charge in [0.25, 0.3) is 0 Å². The lowest BCUT2D eigenvalue weighted by atomic mass is 9.88. The quantitative estimate of drug-likeness (QED) is 0.463. The molecule has 10 heteroatoms. The van der Waals surface area contributed by atoms with Gasteiger partial charge in [0, 0.05) is 4.88 Å². The van der Waals surface area contributed by atoms with Crippen molar-refractivity contribution in [2.24, 2.45) is 5.92 Å². The van der Waals surface area contributed by atoms with Crippen LogP contribution in [-0.4, -0.2) is 33.7 Å². The van der Waals surface area contributed by atoms with E-state index in [0.29, 0.717) is 22.2 Å². The second-order valence-electron chi connectivity index (χ2n) is 7.03. The van der Waals surface area contributed by atoms with Gasteiger partial charge in [-0.2, -0.15) is 5.10 Å². The Morgan fingerprint density at radius 3 is 2.75 bits per heavy atom. The van der Waals surface area contributed by atoms with Crippen LogP contribution in [0.4, 0.5) is 10.7 Å². The predicted octanol–water partition coefficient (Wildman–Crippen LogP) is 3.02. The molecule has 0 bridgehead atoms. The van der Waals surface area contributed by atoms with Crippen LogP contribution in [0.3, 0.4) is 0 Å². The first-order valence-corrected chi connectivity index (χ1v) is 9.75. The smallest absolute Gasteiger partial charge is 0.341 e. The Balaban J connectivity index is 1.86. The summed E-state index contributed by atoms with van der Waals surface area (Å²) in [5.41, 5.74) is 1.84. The number of nitrogens with zero attached hydrogens (tertiary/aromatic N) is 3. The molecule has 2 aromatic rings. The summed E-state index contributed by atoms with van der Waals surface area (Å²) in [5, 5.41) is 18.5. The molecule has 0 saturated carbocycles. The van der Waals surface area contributed by atoms with Crippen LogP contribution in [0.5, 0.6) is 0 Å². The molecule has 1 atom stereocenters. The van der Waals surface area contributed by atoms with Crippen LogP contribution in [0.15, 0.2) is 0 Å². The highest BCUT2D eigenvalue weighted by atomic mass is 32.1.